The van der Waals surface area contributed by atoms with Gasteiger partial charge in [0.05, 0.1) is 0 Å². The predicted molar refractivity (Wildman–Crippen MR) is 87.5 cm³/mol. The Bertz CT molecular complexity index is 739. The molecule has 0 spiro atoms. The van der Waals surface area contributed by atoms with E-state index in [0.717, 1.165) is 10.6 Å². The number of rotatable bonds is 8. The van der Waals surface area contributed by atoms with E-state index >= 15 is 0 Å². The van der Waals surface area contributed by atoms with Gasteiger partial charge in [-0.2, -0.15) is 0 Å². The van der Waals surface area contributed by atoms with Gasteiger partial charge in [0.25, 0.3) is 12.0 Å². The molecule has 0 saturated heterocycles. The molecule has 144 valence electrons. The monoisotopic (exact) mass is 372 g/mol. The van der Waals surface area contributed by atoms with Gasteiger partial charge in [0.2, 0.25) is 11.8 Å². The molecule has 0 aliphatic heterocycles. The third-order valence-electron chi connectivity index (χ3n) is 2.85. The molecular weight excluding hydrogens is 352 g/mol. The number of carbonyl (C=O) groups excluding carboxylic acids is 2. The number of hydrogen-bond acceptors (Lipinski definition) is 6. The van der Waals surface area contributed by atoms with Crippen LogP contribution in [-0.4, -0.2) is 56.6 Å². The molecule has 1 heterocycles. The molecule has 12 heteroatoms. The Morgan fingerprint density at radius 3 is 2.50 bits per heavy atom. The maximum Gasteiger partial charge on any atom is 0.328 e. The van der Waals surface area contributed by atoms with Crippen molar-refractivity contribution in [3.05, 3.63) is 33.1 Å². The van der Waals surface area contributed by atoms with Crippen LogP contribution in [0.4, 0.5) is 0 Å². The van der Waals surface area contributed by atoms with Crippen LogP contribution in [0.3, 0.4) is 0 Å². The standard InChI is InChI=1S/C13H18N4O6.CH2O2/c1-8(12(22)14-5-2-3-11(20)21)15-10(19)7-17-6-4-9(18)16-13(17)23;2-1-3/h4,6,8H,2-3,5,7H2,1H3,(H,14,22)(H,15,19)(H,20,21)(H,16,18,23);1H,(H,2,3). The molecule has 1 aromatic rings. The number of nitrogens with zero attached hydrogens (tertiary/aromatic N) is 1. The molecule has 12 nitrogen and oxygen atoms in total. The molecular formula is C14H20N4O8. The lowest BCUT2D eigenvalue weighted by Crippen LogP contribution is -2.46. The van der Waals surface area contributed by atoms with Gasteiger partial charge in [-0.25, -0.2) is 4.79 Å². The first-order chi connectivity index (χ1) is 12.2. The highest BCUT2D eigenvalue weighted by Gasteiger charge is 2.15. The lowest BCUT2D eigenvalue weighted by atomic mass is 10.2. The zero-order valence-electron chi connectivity index (χ0n) is 13.9. The largest absolute Gasteiger partial charge is 0.483 e. The van der Waals surface area contributed by atoms with E-state index in [1.54, 1.807) is 0 Å². The predicted octanol–water partition coefficient (Wildman–Crippen LogP) is -2.28. The number of nitrogens with one attached hydrogen (secondary N) is 3. The third kappa shape index (κ3) is 9.64. The molecule has 0 radical (unpaired) electrons. The van der Waals surface area contributed by atoms with Crippen LogP contribution in [-0.2, 0) is 25.7 Å². The van der Waals surface area contributed by atoms with Crippen molar-refractivity contribution >= 4 is 24.3 Å². The number of carboxylic acids is 1. The third-order valence-corrected chi connectivity index (χ3v) is 2.85. The Hall–Kier alpha value is -3.44. The Balaban J connectivity index is 0.00000194. The minimum absolute atomic E-state index is 0.0594. The molecule has 0 aromatic carbocycles. The summed E-state index contributed by atoms with van der Waals surface area (Å²) in [5.41, 5.74) is -1.29. The first kappa shape index (κ1) is 22.6. The van der Waals surface area contributed by atoms with Gasteiger partial charge in [-0.15, -0.1) is 0 Å². The van der Waals surface area contributed by atoms with Gasteiger partial charge in [-0.1, -0.05) is 0 Å². The van der Waals surface area contributed by atoms with E-state index in [1.165, 1.54) is 13.1 Å². The van der Waals surface area contributed by atoms with Crippen LogP contribution >= 0.6 is 0 Å². The Kier molecular flexibility index (Phi) is 10.4. The zero-order chi connectivity index (χ0) is 20.1. The molecule has 1 unspecified atom stereocenters. The number of aliphatic carboxylic acids is 1. The second kappa shape index (κ2) is 12.0. The average molecular weight is 372 g/mol. The van der Waals surface area contributed by atoms with Crippen molar-refractivity contribution < 1.29 is 29.4 Å². The highest BCUT2D eigenvalue weighted by atomic mass is 16.4. The van der Waals surface area contributed by atoms with E-state index in [-0.39, 0.29) is 32.4 Å². The van der Waals surface area contributed by atoms with Gasteiger partial charge < -0.3 is 20.8 Å². The maximum atomic E-state index is 11.8. The Morgan fingerprint density at radius 2 is 1.96 bits per heavy atom. The molecule has 2 amide bonds. The smallest absolute Gasteiger partial charge is 0.328 e. The van der Waals surface area contributed by atoms with Crippen molar-refractivity contribution in [3.8, 4) is 0 Å². The van der Waals surface area contributed by atoms with Gasteiger partial charge in [-0.3, -0.25) is 33.5 Å². The summed E-state index contributed by atoms with van der Waals surface area (Å²) >= 11 is 0. The van der Waals surface area contributed by atoms with Gasteiger partial charge in [-0.05, 0) is 13.3 Å². The number of aromatic amines is 1. The van der Waals surface area contributed by atoms with Gasteiger partial charge in [0, 0.05) is 25.2 Å². The average Bonchev–Trinajstić information content (AvgIpc) is 2.54. The maximum absolute atomic E-state index is 11.8. The number of hydrogen-bond donors (Lipinski definition) is 5. The van der Waals surface area contributed by atoms with Crippen molar-refractivity contribution in [2.45, 2.75) is 32.4 Å². The molecule has 0 bridgehead atoms. The Labute approximate surface area is 146 Å². The van der Waals surface area contributed by atoms with E-state index in [1.807, 2.05) is 4.98 Å². The second-order valence-electron chi connectivity index (χ2n) is 4.92. The van der Waals surface area contributed by atoms with Crippen LogP contribution in [0.5, 0.6) is 0 Å². The highest BCUT2D eigenvalue weighted by molar-refractivity contribution is 5.87. The summed E-state index contributed by atoms with van der Waals surface area (Å²) in [6.45, 7) is 1.05. The summed E-state index contributed by atoms with van der Waals surface area (Å²) in [6, 6.07) is 0.263. The van der Waals surface area contributed by atoms with Crippen LogP contribution in [0.25, 0.3) is 0 Å². The fraction of sp³-hybridized carbons (Fsp3) is 0.429. The lowest BCUT2D eigenvalue weighted by Gasteiger charge is -2.14. The second-order valence-corrected chi connectivity index (χ2v) is 4.92. The summed E-state index contributed by atoms with van der Waals surface area (Å²) in [6.07, 6.45) is 1.40. The summed E-state index contributed by atoms with van der Waals surface area (Å²) < 4.78 is 0.994. The summed E-state index contributed by atoms with van der Waals surface area (Å²) in [5.74, 6) is -1.99. The molecule has 0 fully saturated rings. The van der Waals surface area contributed by atoms with Crippen LogP contribution in [0.15, 0.2) is 21.9 Å². The molecule has 5 N–H and O–H groups in total. The number of aromatic nitrogens is 2. The molecule has 1 aromatic heterocycles. The van der Waals surface area contributed by atoms with Crippen LogP contribution in [0.1, 0.15) is 19.8 Å². The van der Waals surface area contributed by atoms with E-state index in [4.69, 9.17) is 15.0 Å². The molecule has 1 atom stereocenters. The molecule has 1 rings (SSSR count). The number of amides is 2. The van der Waals surface area contributed by atoms with E-state index in [2.05, 4.69) is 10.6 Å². The summed E-state index contributed by atoms with van der Waals surface area (Å²) in [4.78, 5) is 66.5. The van der Waals surface area contributed by atoms with E-state index in [0.29, 0.717) is 0 Å². The molecule has 26 heavy (non-hydrogen) atoms. The van der Waals surface area contributed by atoms with Crippen molar-refractivity contribution in [2.24, 2.45) is 0 Å². The first-order valence-electron chi connectivity index (χ1n) is 7.37. The first-order valence-corrected chi connectivity index (χ1v) is 7.37. The van der Waals surface area contributed by atoms with Crippen LogP contribution < -0.4 is 21.9 Å². The van der Waals surface area contributed by atoms with Crippen molar-refractivity contribution in [1.29, 1.82) is 0 Å². The van der Waals surface area contributed by atoms with Gasteiger partial charge >= 0.3 is 11.7 Å². The number of H-pyrrole nitrogens is 1. The minimum Gasteiger partial charge on any atom is -0.483 e. The van der Waals surface area contributed by atoms with Crippen molar-refractivity contribution in [3.63, 3.8) is 0 Å². The summed E-state index contributed by atoms with van der Waals surface area (Å²) in [5, 5.41) is 20.2. The highest BCUT2D eigenvalue weighted by Crippen LogP contribution is 1.89. The molecule has 0 saturated carbocycles. The van der Waals surface area contributed by atoms with Crippen molar-refractivity contribution in [2.75, 3.05) is 6.54 Å². The minimum atomic E-state index is -0.952. The normalized spacial score (nSPS) is 10.7. The van der Waals surface area contributed by atoms with Crippen LogP contribution in [0, 0.1) is 0 Å². The topological polar surface area (TPSA) is 188 Å². The van der Waals surface area contributed by atoms with Crippen molar-refractivity contribution in [1.82, 2.24) is 20.2 Å². The molecule has 0 aliphatic rings. The van der Waals surface area contributed by atoms with E-state index < -0.39 is 35.1 Å². The zero-order valence-corrected chi connectivity index (χ0v) is 13.9. The van der Waals surface area contributed by atoms with Gasteiger partial charge in [0.1, 0.15) is 12.6 Å². The quantitative estimate of drug-likeness (QED) is 0.249. The Morgan fingerprint density at radius 1 is 1.35 bits per heavy atom. The number of carbonyl (C=O) groups is 4. The summed E-state index contributed by atoms with van der Waals surface area (Å²) in [7, 11) is 0. The van der Waals surface area contributed by atoms with Gasteiger partial charge in [0.15, 0.2) is 0 Å². The lowest BCUT2D eigenvalue weighted by molar-refractivity contribution is -0.137. The number of carboxylic acid groups (broad SMARTS) is 2. The molecule has 0 aliphatic carbocycles. The fourth-order valence-corrected chi connectivity index (χ4v) is 1.68. The van der Waals surface area contributed by atoms with E-state index in [9.17, 15) is 24.0 Å². The van der Waals surface area contributed by atoms with Crippen LogP contribution in [0.2, 0.25) is 0 Å². The SMILES string of the molecule is CC(NC(=O)Cn1ccc(=O)[nH]c1=O)C(=O)NCCCC(=O)O.O=CO. The fourth-order valence-electron chi connectivity index (χ4n) is 1.68.